The largest absolute Gasteiger partial charge is 0.324 e. The Bertz CT molecular complexity index is 444. The number of hydrogen-bond acceptors (Lipinski definition) is 3. The molecule has 0 aliphatic carbocycles. The Hall–Kier alpha value is -0.810. The van der Waals surface area contributed by atoms with Crippen LogP contribution in [0, 0.1) is 0 Å². The second-order valence-electron chi connectivity index (χ2n) is 4.22. The molecule has 2 rings (SSSR count). The van der Waals surface area contributed by atoms with Gasteiger partial charge < -0.3 is 5.32 Å². The second-order valence-corrected chi connectivity index (χ2v) is 5.03. The van der Waals surface area contributed by atoms with Crippen LogP contribution in [0.1, 0.15) is 13.3 Å². The van der Waals surface area contributed by atoms with Crippen molar-refractivity contribution in [2.45, 2.75) is 18.9 Å². The maximum absolute atomic E-state index is 12.0. The summed E-state index contributed by atoms with van der Waals surface area (Å²) in [6.45, 7) is 2.62. The van der Waals surface area contributed by atoms with E-state index in [0.717, 1.165) is 13.0 Å². The third-order valence-electron chi connectivity index (χ3n) is 2.79. The Morgan fingerprint density at radius 1 is 1.41 bits per heavy atom. The zero-order valence-electron chi connectivity index (χ0n) is 9.31. The predicted molar refractivity (Wildman–Crippen MR) is 69.3 cm³/mol. The summed E-state index contributed by atoms with van der Waals surface area (Å²) in [4.78, 5) is 12.0. The Labute approximate surface area is 110 Å². The summed E-state index contributed by atoms with van der Waals surface area (Å²) >= 11 is 11.7. The molecular weight excluding hydrogens is 261 g/mol. The van der Waals surface area contributed by atoms with Gasteiger partial charge in [0.15, 0.2) is 0 Å². The fourth-order valence-electron chi connectivity index (χ4n) is 1.65. The van der Waals surface area contributed by atoms with E-state index in [9.17, 15) is 4.79 Å². The SMILES string of the molecule is CC1(C(=O)Nc2ccc(Cl)c(Cl)c2)CCNN1. The molecule has 3 N–H and O–H groups in total. The van der Waals surface area contributed by atoms with Crippen LogP contribution in [0.3, 0.4) is 0 Å². The average Bonchev–Trinajstić information content (AvgIpc) is 2.72. The summed E-state index contributed by atoms with van der Waals surface area (Å²) in [6, 6.07) is 5.01. The molecule has 1 aliphatic heterocycles. The van der Waals surface area contributed by atoms with Crippen molar-refractivity contribution in [1.82, 2.24) is 10.9 Å². The highest BCUT2D eigenvalue weighted by Crippen LogP contribution is 2.26. The van der Waals surface area contributed by atoms with E-state index in [1.165, 1.54) is 0 Å². The van der Waals surface area contributed by atoms with Gasteiger partial charge in [-0.25, -0.2) is 5.43 Å². The molecule has 0 aromatic heterocycles. The molecule has 1 aromatic rings. The van der Waals surface area contributed by atoms with Gasteiger partial charge in [0, 0.05) is 12.2 Å². The van der Waals surface area contributed by atoms with Crippen LogP contribution in [0.4, 0.5) is 5.69 Å². The minimum atomic E-state index is -0.591. The molecule has 0 radical (unpaired) electrons. The van der Waals surface area contributed by atoms with E-state index in [2.05, 4.69) is 16.2 Å². The normalized spacial score (nSPS) is 23.7. The molecule has 17 heavy (non-hydrogen) atoms. The number of benzene rings is 1. The van der Waals surface area contributed by atoms with Crippen molar-refractivity contribution in [3.8, 4) is 0 Å². The monoisotopic (exact) mass is 273 g/mol. The fourth-order valence-corrected chi connectivity index (χ4v) is 1.94. The molecule has 1 fully saturated rings. The maximum atomic E-state index is 12.0. The summed E-state index contributed by atoms with van der Waals surface area (Å²) in [7, 11) is 0. The van der Waals surface area contributed by atoms with E-state index < -0.39 is 5.54 Å². The van der Waals surface area contributed by atoms with Crippen LogP contribution < -0.4 is 16.2 Å². The standard InChI is InChI=1S/C11H13Cl2N3O/c1-11(4-5-14-16-11)10(17)15-7-2-3-8(12)9(13)6-7/h2-3,6,14,16H,4-5H2,1H3,(H,15,17). The van der Waals surface area contributed by atoms with E-state index in [1.54, 1.807) is 18.2 Å². The molecule has 4 nitrogen and oxygen atoms in total. The number of nitrogens with one attached hydrogen (secondary N) is 3. The number of carbonyl (C=O) groups excluding carboxylic acids is 1. The molecule has 1 aromatic carbocycles. The fraction of sp³-hybridized carbons (Fsp3) is 0.364. The zero-order valence-corrected chi connectivity index (χ0v) is 10.8. The third kappa shape index (κ3) is 2.72. The van der Waals surface area contributed by atoms with Gasteiger partial charge in [-0.3, -0.25) is 10.2 Å². The van der Waals surface area contributed by atoms with Crippen LogP contribution in [-0.4, -0.2) is 18.0 Å². The van der Waals surface area contributed by atoms with E-state index in [0.29, 0.717) is 15.7 Å². The summed E-state index contributed by atoms with van der Waals surface area (Å²) in [5.74, 6) is -0.0964. The molecule has 1 aliphatic rings. The summed E-state index contributed by atoms with van der Waals surface area (Å²) in [6.07, 6.45) is 0.736. The van der Waals surface area contributed by atoms with Crippen LogP contribution in [0.5, 0.6) is 0 Å². The van der Waals surface area contributed by atoms with Crippen LogP contribution in [-0.2, 0) is 4.79 Å². The van der Waals surface area contributed by atoms with Crippen molar-refractivity contribution in [3.63, 3.8) is 0 Å². The molecule has 1 amide bonds. The van der Waals surface area contributed by atoms with Gasteiger partial charge in [0.2, 0.25) is 5.91 Å². The Kier molecular flexibility index (Phi) is 3.58. The molecule has 1 saturated heterocycles. The first-order valence-corrected chi connectivity index (χ1v) is 6.03. The maximum Gasteiger partial charge on any atom is 0.245 e. The number of anilines is 1. The lowest BCUT2D eigenvalue weighted by molar-refractivity contribution is -0.121. The molecule has 0 spiro atoms. The Balaban J connectivity index is 2.10. The highest BCUT2D eigenvalue weighted by atomic mass is 35.5. The summed E-state index contributed by atoms with van der Waals surface area (Å²) in [5.41, 5.74) is 5.95. The first kappa shape index (κ1) is 12.6. The Morgan fingerprint density at radius 2 is 2.18 bits per heavy atom. The van der Waals surface area contributed by atoms with Crippen molar-refractivity contribution in [3.05, 3.63) is 28.2 Å². The third-order valence-corrected chi connectivity index (χ3v) is 3.53. The first-order chi connectivity index (χ1) is 8.01. The lowest BCUT2D eigenvalue weighted by Crippen LogP contribution is -2.50. The number of hydrazine groups is 1. The molecule has 0 saturated carbocycles. The first-order valence-electron chi connectivity index (χ1n) is 5.28. The van der Waals surface area contributed by atoms with Crippen LogP contribution in [0.15, 0.2) is 18.2 Å². The van der Waals surface area contributed by atoms with Gasteiger partial charge in [-0.05, 0) is 31.5 Å². The van der Waals surface area contributed by atoms with E-state index in [1.807, 2.05) is 6.92 Å². The van der Waals surface area contributed by atoms with Gasteiger partial charge in [-0.2, -0.15) is 0 Å². The molecule has 0 bridgehead atoms. The van der Waals surface area contributed by atoms with Crippen LogP contribution in [0.25, 0.3) is 0 Å². The van der Waals surface area contributed by atoms with Crippen molar-refractivity contribution < 1.29 is 4.79 Å². The molecule has 1 atom stereocenters. The van der Waals surface area contributed by atoms with Gasteiger partial charge >= 0.3 is 0 Å². The summed E-state index contributed by atoms with van der Waals surface area (Å²) in [5, 5.41) is 3.70. The molecule has 6 heteroatoms. The van der Waals surface area contributed by atoms with Crippen molar-refractivity contribution in [2.75, 3.05) is 11.9 Å². The smallest absolute Gasteiger partial charge is 0.245 e. The molecule has 92 valence electrons. The highest BCUT2D eigenvalue weighted by molar-refractivity contribution is 6.42. The predicted octanol–water partition coefficient (Wildman–Crippen LogP) is 2.19. The van der Waals surface area contributed by atoms with E-state index >= 15 is 0 Å². The van der Waals surface area contributed by atoms with Crippen molar-refractivity contribution in [1.29, 1.82) is 0 Å². The highest BCUT2D eigenvalue weighted by Gasteiger charge is 2.36. The van der Waals surface area contributed by atoms with Gasteiger partial charge in [-0.15, -0.1) is 0 Å². The van der Waals surface area contributed by atoms with E-state index in [-0.39, 0.29) is 5.91 Å². The minimum absolute atomic E-state index is 0.0964. The Morgan fingerprint density at radius 3 is 2.76 bits per heavy atom. The quantitative estimate of drug-likeness (QED) is 0.774. The molecule has 1 unspecified atom stereocenters. The van der Waals surface area contributed by atoms with Gasteiger partial charge in [0.1, 0.15) is 5.54 Å². The topological polar surface area (TPSA) is 53.2 Å². The van der Waals surface area contributed by atoms with Gasteiger partial charge in [0.05, 0.1) is 10.0 Å². The van der Waals surface area contributed by atoms with Crippen molar-refractivity contribution in [2.24, 2.45) is 0 Å². The van der Waals surface area contributed by atoms with Gasteiger partial charge in [-0.1, -0.05) is 23.2 Å². The zero-order chi connectivity index (χ0) is 12.5. The number of hydrogen-bond donors (Lipinski definition) is 3. The summed E-state index contributed by atoms with van der Waals surface area (Å²) < 4.78 is 0. The van der Waals surface area contributed by atoms with Crippen molar-refractivity contribution >= 4 is 34.8 Å². The van der Waals surface area contributed by atoms with Crippen LogP contribution >= 0.6 is 23.2 Å². The lowest BCUT2D eigenvalue weighted by atomic mass is 9.99. The van der Waals surface area contributed by atoms with Crippen LogP contribution in [0.2, 0.25) is 10.0 Å². The number of rotatable bonds is 2. The number of amides is 1. The van der Waals surface area contributed by atoms with Gasteiger partial charge in [0.25, 0.3) is 0 Å². The minimum Gasteiger partial charge on any atom is -0.324 e. The lowest BCUT2D eigenvalue weighted by Gasteiger charge is -2.22. The number of carbonyl (C=O) groups is 1. The average molecular weight is 274 g/mol. The second kappa shape index (κ2) is 4.82. The molecule has 1 heterocycles. The van der Waals surface area contributed by atoms with E-state index in [4.69, 9.17) is 23.2 Å². The number of halogens is 2. The molecular formula is C11H13Cl2N3O.